The van der Waals surface area contributed by atoms with Crippen molar-refractivity contribution in [2.45, 2.75) is 81.8 Å². The number of hydrogen-bond donors (Lipinski definition) is 0. The maximum atomic E-state index is 13.8. The number of fused-ring (bicyclic) bond motifs is 2. The molecule has 7 rings (SSSR count). The first-order chi connectivity index (χ1) is 22.9. The molecule has 1 saturated carbocycles. The average molecular weight is 694 g/mol. The molecule has 0 amide bonds. The molecule has 2 aromatic carbocycles. The Morgan fingerprint density at radius 2 is 1.75 bits per heavy atom. The zero-order valence-electron chi connectivity index (χ0n) is 25.4. The molecular formula is C33H29F6N3O5S. The molecule has 4 aromatic rings. The van der Waals surface area contributed by atoms with Gasteiger partial charge in [0.2, 0.25) is 0 Å². The molecule has 0 spiro atoms. The standard InChI is InChI=1S/C33H29F6N3O5S/c1-44-30(43)22-11-8-18(12-25(22)32(34,35)36)26-16-48-31(40-26)42-19-9-10-20(42)14-21(13-19)45-15-24-28(41-47-29(24)17-6-7-17)23-4-2-3-5-27(23)46-33(37,38)39/h2-5,8,11-12,16-17,19-21H,6-7,9-10,13-15H2,1H3/t19-,20+,21+. The lowest BCUT2D eigenvalue weighted by Crippen LogP contribution is -2.45. The van der Waals surface area contributed by atoms with Gasteiger partial charge in [-0.2, -0.15) is 13.2 Å². The largest absolute Gasteiger partial charge is 0.573 e. The van der Waals surface area contributed by atoms with E-state index in [0.717, 1.165) is 44.9 Å². The fourth-order valence-electron chi connectivity index (χ4n) is 6.73. The van der Waals surface area contributed by atoms with Gasteiger partial charge in [-0.05, 0) is 62.8 Å². The quantitative estimate of drug-likeness (QED) is 0.127. The number of para-hydroxylation sites is 1. The van der Waals surface area contributed by atoms with Gasteiger partial charge in [0.25, 0.3) is 0 Å². The number of thiazole rings is 1. The number of methoxy groups -OCH3 is 1. The summed E-state index contributed by atoms with van der Waals surface area (Å²) in [5.41, 5.74) is 0.00813. The molecule has 2 saturated heterocycles. The second kappa shape index (κ2) is 12.4. The fourth-order valence-corrected chi connectivity index (χ4v) is 7.71. The van der Waals surface area contributed by atoms with Crippen LogP contribution in [0.4, 0.5) is 31.5 Å². The normalized spacial score (nSPS) is 21.1. The summed E-state index contributed by atoms with van der Waals surface area (Å²) in [7, 11) is 1.03. The smallest absolute Gasteiger partial charge is 0.465 e. The molecule has 0 radical (unpaired) electrons. The van der Waals surface area contributed by atoms with Crippen molar-refractivity contribution >= 4 is 22.4 Å². The summed E-state index contributed by atoms with van der Waals surface area (Å²) in [5, 5.41) is 6.56. The van der Waals surface area contributed by atoms with E-state index in [0.29, 0.717) is 35.0 Å². The van der Waals surface area contributed by atoms with Crippen molar-refractivity contribution in [2.75, 3.05) is 12.0 Å². The fraction of sp³-hybridized carbons (Fsp3) is 0.424. The summed E-state index contributed by atoms with van der Waals surface area (Å²) in [6.07, 6.45) is -4.86. The third-order valence-electron chi connectivity index (χ3n) is 9.03. The zero-order valence-corrected chi connectivity index (χ0v) is 26.3. The summed E-state index contributed by atoms with van der Waals surface area (Å²) in [6, 6.07) is 9.45. The number of anilines is 1. The van der Waals surface area contributed by atoms with Crippen LogP contribution in [0.15, 0.2) is 52.4 Å². The van der Waals surface area contributed by atoms with Gasteiger partial charge in [-0.15, -0.1) is 24.5 Å². The molecule has 2 bridgehead atoms. The Labute approximate surface area is 274 Å². The highest BCUT2D eigenvalue weighted by Gasteiger charge is 2.43. The summed E-state index contributed by atoms with van der Waals surface area (Å²) in [5.74, 6) is -0.679. The molecule has 4 heterocycles. The third kappa shape index (κ3) is 6.49. The highest BCUT2D eigenvalue weighted by atomic mass is 32.1. The number of halogens is 6. The lowest BCUT2D eigenvalue weighted by molar-refractivity contribution is -0.274. The molecule has 3 atom stereocenters. The molecule has 254 valence electrons. The van der Waals surface area contributed by atoms with Crippen LogP contribution >= 0.6 is 11.3 Å². The number of esters is 1. The third-order valence-corrected chi connectivity index (χ3v) is 9.88. The van der Waals surface area contributed by atoms with E-state index in [-0.39, 0.29) is 53.3 Å². The number of piperidine rings is 1. The van der Waals surface area contributed by atoms with Crippen LogP contribution in [0.1, 0.15) is 71.7 Å². The highest BCUT2D eigenvalue weighted by molar-refractivity contribution is 7.14. The van der Waals surface area contributed by atoms with Gasteiger partial charge in [-0.3, -0.25) is 0 Å². The van der Waals surface area contributed by atoms with Gasteiger partial charge >= 0.3 is 18.5 Å². The minimum absolute atomic E-state index is 0.0888. The number of ether oxygens (including phenoxy) is 3. The van der Waals surface area contributed by atoms with Crippen LogP contribution in [0.25, 0.3) is 22.5 Å². The van der Waals surface area contributed by atoms with E-state index in [9.17, 15) is 31.1 Å². The van der Waals surface area contributed by atoms with Crippen molar-refractivity contribution in [3.63, 3.8) is 0 Å². The molecule has 3 fully saturated rings. The van der Waals surface area contributed by atoms with Crippen LogP contribution in [0.5, 0.6) is 5.75 Å². The number of alkyl halides is 6. The predicted octanol–water partition coefficient (Wildman–Crippen LogP) is 8.76. The Hall–Kier alpha value is -4.11. The van der Waals surface area contributed by atoms with Crippen molar-refractivity contribution < 1.29 is 49.9 Å². The van der Waals surface area contributed by atoms with Crippen molar-refractivity contribution in [3.05, 3.63) is 70.3 Å². The maximum Gasteiger partial charge on any atom is 0.573 e. The number of nitrogens with zero attached hydrogens (tertiary/aromatic N) is 3. The predicted molar refractivity (Wildman–Crippen MR) is 162 cm³/mol. The van der Waals surface area contributed by atoms with Gasteiger partial charge in [0, 0.05) is 40.1 Å². The lowest BCUT2D eigenvalue weighted by atomic mass is 9.99. The van der Waals surface area contributed by atoms with Gasteiger partial charge in [0.1, 0.15) is 17.2 Å². The maximum absolute atomic E-state index is 13.8. The average Bonchev–Trinajstić information content (AvgIpc) is 3.50. The van der Waals surface area contributed by atoms with E-state index in [1.54, 1.807) is 11.4 Å². The van der Waals surface area contributed by atoms with Gasteiger partial charge in [-0.1, -0.05) is 23.4 Å². The number of benzene rings is 2. The van der Waals surface area contributed by atoms with Crippen molar-refractivity contribution in [3.8, 4) is 28.3 Å². The molecule has 1 aliphatic carbocycles. The molecule has 48 heavy (non-hydrogen) atoms. The lowest BCUT2D eigenvalue weighted by Gasteiger charge is -2.38. The molecule has 2 aromatic heterocycles. The van der Waals surface area contributed by atoms with Crippen LogP contribution in [0.2, 0.25) is 0 Å². The molecule has 8 nitrogen and oxygen atoms in total. The molecule has 2 aliphatic heterocycles. The van der Waals surface area contributed by atoms with Crippen LogP contribution in [0, 0.1) is 0 Å². The number of hydrogen-bond acceptors (Lipinski definition) is 9. The highest BCUT2D eigenvalue weighted by Crippen LogP contribution is 2.47. The Morgan fingerprint density at radius 1 is 1.02 bits per heavy atom. The topological polar surface area (TPSA) is 86.9 Å². The van der Waals surface area contributed by atoms with E-state index < -0.39 is 29.6 Å². The van der Waals surface area contributed by atoms with Crippen LogP contribution < -0.4 is 9.64 Å². The first kappa shape index (κ1) is 32.4. The Kier molecular flexibility index (Phi) is 8.38. The number of carbonyl (C=O) groups is 1. The summed E-state index contributed by atoms with van der Waals surface area (Å²) < 4.78 is 102. The monoisotopic (exact) mass is 693 g/mol. The van der Waals surface area contributed by atoms with Crippen LogP contribution in [-0.4, -0.2) is 47.8 Å². The Bertz CT molecular complexity index is 1800. The molecule has 0 N–H and O–H groups in total. The minimum Gasteiger partial charge on any atom is -0.465 e. The zero-order chi connectivity index (χ0) is 33.8. The van der Waals surface area contributed by atoms with E-state index in [4.69, 9.17) is 14.2 Å². The molecular weight excluding hydrogens is 664 g/mol. The Morgan fingerprint density at radius 3 is 2.42 bits per heavy atom. The first-order valence-corrected chi connectivity index (χ1v) is 16.3. The second-order valence-corrected chi connectivity index (χ2v) is 13.0. The van der Waals surface area contributed by atoms with E-state index in [1.807, 2.05) is 0 Å². The summed E-state index contributed by atoms with van der Waals surface area (Å²) in [6.45, 7) is 0.111. The molecule has 0 unspecified atom stereocenters. The van der Waals surface area contributed by atoms with Gasteiger partial charge in [0.15, 0.2) is 5.13 Å². The summed E-state index contributed by atoms with van der Waals surface area (Å²) in [4.78, 5) is 18.9. The number of rotatable bonds is 9. The molecule has 15 heteroatoms. The van der Waals surface area contributed by atoms with E-state index in [1.165, 1.54) is 35.6 Å². The second-order valence-electron chi connectivity index (χ2n) is 12.2. The summed E-state index contributed by atoms with van der Waals surface area (Å²) >= 11 is 1.34. The van der Waals surface area contributed by atoms with Crippen molar-refractivity contribution in [1.82, 2.24) is 10.1 Å². The van der Waals surface area contributed by atoms with Gasteiger partial charge in [-0.25, -0.2) is 9.78 Å². The number of aromatic nitrogens is 2. The minimum atomic E-state index is -4.87. The van der Waals surface area contributed by atoms with Crippen molar-refractivity contribution in [2.24, 2.45) is 0 Å². The van der Waals surface area contributed by atoms with Gasteiger partial charge in [0.05, 0.1) is 36.6 Å². The van der Waals surface area contributed by atoms with E-state index >= 15 is 0 Å². The van der Waals surface area contributed by atoms with Crippen LogP contribution in [-0.2, 0) is 22.3 Å². The van der Waals surface area contributed by atoms with Crippen molar-refractivity contribution in [1.29, 1.82) is 0 Å². The van der Waals surface area contributed by atoms with Crippen LogP contribution in [0.3, 0.4) is 0 Å². The SMILES string of the molecule is COC(=O)c1ccc(-c2csc(N3[C@@H]4CC[C@H]3C[C@@H](OCc3c(-c5ccccc5OC(F)(F)F)noc3C3CC3)C4)n2)cc1C(F)(F)F. The Balaban J connectivity index is 1.07. The first-order valence-electron chi connectivity index (χ1n) is 15.4. The van der Waals surface area contributed by atoms with E-state index in [2.05, 4.69) is 19.5 Å². The molecule has 3 aliphatic rings. The number of carbonyl (C=O) groups excluding carboxylic acids is 1. The van der Waals surface area contributed by atoms with Gasteiger partial charge < -0.3 is 23.6 Å².